The lowest BCUT2D eigenvalue weighted by atomic mass is 9.72. The molecule has 0 aliphatic carbocycles. The summed E-state index contributed by atoms with van der Waals surface area (Å²) in [5.74, 6) is 0.505. The van der Waals surface area contributed by atoms with Gasteiger partial charge in [0.2, 0.25) is 0 Å². The van der Waals surface area contributed by atoms with E-state index >= 15 is 0 Å². The quantitative estimate of drug-likeness (QED) is 0.680. The summed E-state index contributed by atoms with van der Waals surface area (Å²) < 4.78 is 0. The summed E-state index contributed by atoms with van der Waals surface area (Å²) in [5.41, 5.74) is 4.75. The largest absolute Gasteiger partial charge is 0.390 e. The van der Waals surface area contributed by atoms with Gasteiger partial charge in [0.1, 0.15) is 0 Å². The third-order valence-corrected chi connectivity index (χ3v) is 2.77. The molecule has 0 rings (SSSR count). The zero-order valence-corrected chi connectivity index (χ0v) is 9.02. The minimum Gasteiger partial charge on any atom is -0.390 e. The molecule has 0 saturated heterocycles. The molecule has 12 heavy (non-hydrogen) atoms. The molecular formula is C10H23NO. The molecule has 0 aromatic carbocycles. The molecule has 0 amide bonds. The molecule has 0 radical (unpaired) electrons. The van der Waals surface area contributed by atoms with Crippen LogP contribution in [0.5, 0.6) is 0 Å². The first kappa shape index (κ1) is 11.9. The maximum absolute atomic E-state index is 10.1. The Morgan fingerprint density at radius 2 is 1.67 bits per heavy atom. The summed E-state index contributed by atoms with van der Waals surface area (Å²) in [7, 11) is 0. The Kier molecular flexibility index (Phi) is 3.73. The molecule has 0 bridgehead atoms. The van der Waals surface area contributed by atoms with Crippen molar-refractivity contribution in [3.63, 3.8) is 0 Å². The highest BCUT2D eigenvalue weighted by molar-refractivity contribution is 4.90. The van der Waals surface area contributed by atoms with Crippen molar-refractivity contribution in [1.82, 2.24) is 0 Å². The van der Waals surface area contributed by atoms with Crippen molar-refractivity contribution >= 4 is 0 Å². The minimum atomic E-state index is -0.657. The van der Waals surface area contributed by atoms with Gasteiger partial charge in [-0.15, -0.1) is 0 Å². The topological polar surface area (TPSA) is 46.2 Å². The Balaban J connectivity index is 4.37. The van der Waals surface area contributed by atoms with E-state index in [0.29, 0.717) is 12.5 Å². The Morgan fingerprint density at radius 3 is 1.92 bits per heavy atom. The molecule has 0 aliphatic rings. The van der Waals surface area contributed by atoms with E-state index in [1.54, 1.807) is 0 Å². The van der Waals surface area contributed by atoms with E-state index in [4.69, 9.17) is 5.73 Å². The van der Waals surface area contributed by atoms with Crippen molar-refractivity contribution in [3.05, 3.63) is 0 Å². The van der Waals surface area contributed by atoms with E-state index in [-0.39, 0.29) is 5.41 Å². The number of nitrogens with two attached hydrogens (primary N) is 1. The first-order valence-corrected chi connectivity index (χ1v) is 4.65. The highest BCUT2D eigenvalue weighted by Crippen LogP contribution is 2.34. The average Bonchev–Trinajstić information content (AvgIpc) is 1.84. The van der Waals surface area contributed by atoms with E-state index in [1.807, 2.05) is 20.8 Å². The fourth-order valence-corrected chi connectivity index (χ4v) is 1.29. The zero-order chi connectivity index (χ0) is 9.99. The van der Waals surface area contributed by atoms with Gasteiger partial charge in [-0.1, -0.05) is 27.7 Å². The van der Waals surface area contributed by atoms with Gasteiger partial charge in [0.25, 0.3) is 0 Å². The lowest BCUT2D eigenvalue weighted by Crippen LogP contribution is -2.47. The average molecular weight is 173 g/mol. The van der Waals surface area contributed by atoms with Crippen molar-refractivity contribution in [3.8, 4) is 0 Å². The van der Waals surface area contributed by atoms with E-state index in [9.17, 15) is 5.11 Å². The molecule has 74 valence electrons. The smallest absolute Gasteiger partial charge is 0.0684 e. The molecular weight excluding hydrogens is 150 g/mol. The molecule has 0 spiro atoms. The Hall–Kier alpha value is -0.0800. The first-order chi connectivity index (χ1) is 5.23. The van der Waals surface area contributed by atoms with Crippen LogP contribution in [-0.2, 0) is 0 Å². The number of hydrogen-bond acceptors (Lipinski definition) is 2. The van der Waals surface area contributed by atoms with Gasteiger partial charge in [0.05, 0.1) is 5.60 Å². The van der Waals surface area contributed by atoms with Crippen LogP contribution < -0.4 is 5.73 Å². The van der Waals surface area contributed by atoms with Gasteiger partial charge in [-0.3, -0.25) is 0 Å². The molecule has 2 nitrogen and oxygen atoms in total. The summed E-state index contributed by atoms with van der Waals surface area (Å²) in [6.07, 6.45) is 0.803. The molecule has 0 aromatic rings. The van der Waals surface area contributed by atoms with E-state index in [1.165, 1.54) is 0 Å². The van der Waals surface area contributed by atoms with Gasteiger partial charge in [0, 0.05) is 12.0 Å². The van der Waals surface area contributed by atoms with Gasteiger partial charge in [0.15, 0.2) is 0 Å². The van der Waals surface area contributed by atoms with Crippen LogP contribution >= 0.6 is 0 Å². The molecule has 1 atom stereocenters. The molecule has 0 fully saturated rings. The predicted octanol–water partition coefficient (Wildman–Crippen LogP) is 1.77. The molecule has 1 unspecified atom stereocenters. The first-order valence-electron chi connectivity index (χ1n) is 4.65. The number of hydrogen-bond donors (Lipinski definition) is 2. The van der Waals surface area contributed by atoms with Crippen LogP contribution in [0, 0.1) is 11.3 Å². The predicted molar refractivity (Wildman–Crippen MR) is 52.9 cm³/mol. The van der Waals surface area contributed by atoms with Gasteiger partial charge in [-0.05, 0) is 19.3 Å². The highest BCUT2D eigenvalue weighted by Gasteiger charge is 2.38. The summed E-state index contributed by atoms with van der Waals surface area (Å²) in [6.45, 7) is 10.6. The van der Waals surface area contributed by atoms with Crippen molar-refractivity contribution in [1.29, 1.82) is 0 Å². The van der Waals surface area contributed by atoms with E-state index in [2.05, 4.69) is 13.8 Å². The third-order valence-electron chi connectivity index (χ3n) is 2.77. The molecule has 0 aromatic heterocycles. The Morgan fingerprint density at radius 1 is 1.25 bits per heavy atom. The zero-order valence-electron chi connectivity index (χ0n) is 9.02. The van der Waals surface area contributed by atoms with Gasteiger partial charge in [-0.25, -0.2) is 0 Å². The van der Waals surface area contributed by atoms with Crippen molar-refractivity contribution in [2.45, 2.75) is 46.6 Å². The maximum atomic E-state index is 10.1. The van der Waals surface area contributed by atoms with Crippen LogP contribution in [-0.4, -0.2) is 17.3 Å². The van der Waals surface area contributed by atoms with Crippen LogP contribution in [0.4, 0.5) is 0 Å². The second-order valence-electron chi connectivity index (χ2n) is 4.96. The van der Waals surface area contributed by atoms with Gasteiger partial charge in [-0.2, -0.15) is 0 Å². The van der Waals surface area contributed by atoms with Crippen molar-refractivity contribution in [2.75, 3.05) is 6.54 Å². The Bertz CT molecular complexity index is 139. The van der Waals surface area contributed by atoms with Crippen LogP contribution in [0.15, 0.2) is 0 Å². The van der Waals surface area contributed by atoms with Crippen molar-refractivity contribution in [2.24, 2.45) is 17.1 Å². The fraction of sp³-hybridized carbons (Fsp3) is 1.00. The third kappa shape index (κ3) is 2.76. The molecule has 0 aliphatic heterocycles. The summed E-state index contributed by atoms with van der Waals surface area (Å²) in [5, 5.41) is 10.1. The van der Waals surface area contributed by atoms with E-state index in [0.717, 1.165) is 6.42 Å². The van der Waals surface area contributed by atoms with Crippen LogP contribution in [0.1, 0.15) is 41.0 Å². The fourth-order valence-electron chi connectivity index (χ4n) is 1.29. The molecule has 3 N–H and O–H groups in total. The monoisotopic (exact) mass is 173 g/mol. The second-order valence-corrected chi connectivity index (χ2v) is 4.96. The second kappa shape index (κ2) is 3.75. The van der Waals surface area contributed by atoms with Gasteiger partial charge < -0.3 is 10.8 Å². The van der Waals surface area contributed by atoms with Crippen LogP contribution in [0.2, 0.25) is 0 Å². The summed E-state index contributed by atoms with van der Waals surface area (Å²) in [6, 6.07) is 0. The van der Waals surface area contributed by atoms with Gasteiger partial charge >= 0.3 is 0 Å². The highest BCUT2D eigenvalue weighted by atomic mass is 16.3. The minimum absolute atomic E-state index is 0.197. The SMILES string of the molecule is CC(C)CC(C)(O)C(C)(C)CN. The van der Waals surface area contributed by atoms with E-state index < -0.39 is 5.60 Å². The molecule has 0 heterocycles. The summed E-state index contributed by atoms with van der Waals surface area (Å²) in [4.78, 5) is 0. The summed E-state index contributed by atoms with van der Waals surface area (Å²) >= 11 is 0. The lowest BCUT2D eigenvalue weighted by Gasteiger charge is -2.40. The van der Waals surface area contributed by atoms with Crippen LogP contribution in [0.3, 0.4) is 0 Å². The van der Waals surface area contributed by atoms with Crippen molar-refractivity contribution < 1.29 is 5.11 Å². The molecule has 0 saturated carbocycles. The number of aliphatic hydroxyl groups is 1. The molecule has 2 heteroatoms. The van der Waals surface area contributed by atoms with Crippen LogP contribution in [0.25, 0.3) is 0 Å². The standard InChI is InChI=1S/C10H23NO/c1-8(2)6-10(5,12)9(3,4)7-11/h8,12H,6-7,11H2,1-5H3. The Labute approximate surface area is 76.2 Å². The number of rotatable bonds is 4. The lowest BCUT2D eigenvalue weighted by molar-refractivity contribution is -0.0613. The normalized spacial score (nSPS) is 18.0. The maximum Gasteiger partial charge on any atom is 0.0684 e.